The molecular formula is C15H23BrClN3O3. The molecule has 6 nitrogen and oxygen atoms in total. The van der Waals surface area contributed by atoms with Crippen LogP contribution in [0.5, 0.6) is 0 Å². The van der Waals surface area contributed by atoms with Gasteiger partial charge in [0.25, 0.3) is 0 Å². The number of rotatable bonds is 9. The molecule has 1 rings (SSSR count). The SMILES string of the molecule is COCCNCC(=O)NCCC(=O)Nc1cc(Br)ccc1C.Cl. The van der Waals surface area contributed by atoms with Gasteiger partial charge in [-0.25, -0.2) is 0 Å². The summed E-state index contributed by atoms with van der Waals surface area (Å²) in [4.78, 5) is 23.3. The van der Waals surface area contributed by atoms with Crippen LogP contribution in [0.4, 0.5) is 5.69 Å². The Labute approximate surface area is 151 Å². The molecule has 3 N–H and O–H groups in total. The van der Waals surface area contributed by atoms with Crippen molar-refractivity contribution in [1.82, 2.24) is 10.6 Å². The van der Waals surface area contributed by atoms with Crippen molar-refractivity contribution in [3.8, 4) is 0 Å². The summed E-state index contributed by atoms with van der Waals surface area (Å²) in [6.45, 7) is 3.63. The molecular weight excluding hydrogens is 386 g/mol. The Morgan fingerprint density at radius 3 is 2.65 bits per heavy atom. The number of anilines is 1. The summed E-state index contributed by atoms with van der Waals surface area (Å²) in [5, 5.41) is 8.46. The van der Waals surface area contributed by atoms with E-state index in [9.17, 15) is 9.59 Å². The van der Waals surface area contributed by atoms with E-state index < -0.39 is 0 Å². The molecule has 130 valence electrons. The van der Waals surface area contributed by atoms with E-state index >= 15 is 0 Å². The van der Waals surface area contributed by atoms with E-state index in [2.05, 4.69) is 31.9 Å². The minimum atomic E-state index is -0.137. The van der Waals surface area contributed by atoms with Crippen LogP contribution in [0, 0.1) is 6.92 Å². The van der Waals surface area contributed by atoms with E-state index in [0.29, 0.717) is 19.7 Å². The third-order valence-corrected chi connectivity index (χ3v) is 3.41. The second kappa shape index (κ2) is 12.3. The van der Waals surface area contributed by atoms with Gasteiger partial charge in [0, 0.05) is 36.8 Å². The summed E-state index contributed by atoms with van der Waals surface area (Å²) in [6.07, 6.45) is 0.232. The summed E-state index contributed by atoms with van der Waals surface area (Å²) in [5.41, 5.74) is 1.76. The van der Waals surface area contributed by atoms with E-state index in [1.807, 2.05) is 25.1 Å². The van der Waals surface area contributed by atoms with E-state index in [0.717, 1.165) is 15.7 Å². The van der Waals surface area contributed by atoms with Gasteiger partial charge in [0.05, 0.1) is 13.2 Å². The van der Waals surface area contributed by atoms with Crippen LogP contribution in [0.25, 0.3) is 0 Å². The maximum Gasteiger partial charge on any atom is 0.233 e. The summed E-state index contributed by atoms with van der Waals surface area (Å²) in [5.74, 6) is -0.267. The largest absolute Gasteiger partial charge is 0.383 e. The van der Waals surface area contributed by atoms with Crippen molar-refractivity contribution in [1.29, 1.82) is 0 Å². The quantitative estimate of drug-likeness (QED) is 0.545. The van der Waals surface area contributed by atoms with Gasteiger partial charge < -0.3 is 20.7 Å². The van der Waals surface area contributed by atoms with Crippen LogP contribution in [0.2, 0.25) is 0 Å². The average molecular weight is 409 g/mol. The first kappa shape index (κ1) is 21.9. The molecule has 8 heteroatoms. The van der Waals surface area contributed by atoms with Crippen molar-refractivity contribution in [2.24, 2.45) is 0 Å². The molecule has 0 aliphatic rings. The predicted octanol–water partition coefficient (Wildman–Crippen LogP) is 1.86. The smallest absolute Gasteiger partial charge is 0.233 e. The van der Waals surface area contributed by atoms with Gasteiger partial charge in [-0.15, -0.1) is 12.4 Å². The van der Waals surface area contributed by atoms with Crippen LogP contribution < -0.4 is 16.0 Å². The maximum atomic E-state index is 11.8. The molecule has 0 unspecified atom stereocenters. The predicted molar refractivity (Wildman–Crippen MR) is 97.1 cm³/mol. The lowest BCUT2D eigenvalue weighted by Gasteiger charge is -2.10. The van der Waals surface area contributed by atoms with Crippen molar-refractivity contribution in [3.05, 3.63) is 28.2 Å². The number of hydrogen-bond donors (Lipinski definition) is 3. The second-order valence-corrected chi connectivity index (χ2v) is 5.69. The first-order valence-electron chi connectivity index (χ1n) is 7.05. The van der Waals surface area contributed by atoms with Gasteiger partial charge in [-0.2, -0.15) is 0 Å². The third kappa shape index (κ3) is 9.55. The van der Waals surface area contributed by atoms with Gasteiger partial charge in [-0.3, -0.25) is 9.59 Å². The topological polar surface area (TPSA) is 79.5 Å². The van der Waals surface area contributed by atoms with E-state index in [1.54, 1.807) is 7.11 Å². The zero-order valence-electron chi connectivity index (χ0n) is 13.3. The van der Waals surface area contributed by atoms with E-state index in [1.165, 1.54) is 0 Å². The van der Waals surface area contributed by atoms with Gasteiger partial charge in [0.2, 0.25) is 11.8 Å². The van der Waals surface area contributed by atoms with Crippen LogP contribution in [0.1, 0.15) is 12.0 Å². The lowest BCUT2D eigenvalue weighted by Crippen LogP contribution is -2.36. The molecule has 1 aromatic rings. The molecule has 0 aliphatic heterocycles. The number of carbonyl (C=O) groups is 2. The molecule has 1 aromatic carbocycles. The molecule has 0 radical (unpaired) electrons. The fraction of sp³-hybridized carbons (Fsp3) is 0.467. The summed E-state index contributed by atoms with van der Waals surface area (Å²) < 4.78 is 5.77. The molecule has 23 heavy (non-hydrogen) atoms. The summed E-state index contributed by atoms with van der Waals surface area (Å²) >= 11 is 3.37. The van der Waals surface area contributed by atoms with Crippen molar-refractivity contribution < 1.29 is 14.3 Å². The molecule has 0 fully saturated rings. The Balaban J connectivity index is 0.00000484. The highest BCUT2D eigenvalue weighted by atomic mass is 79.9. The van der Waals surface area contributed by atoms with E-state index in [-0.39, 0.29) is 37.2 Å². The van der Waals surface area contributed by atoms with Gasteiger partial charge in [0.1, 0.15) is 0 Å². The number of ether oxygens (including phenoxy) is 1. The first-order valence-corrected chi connectivity index (χ1v) is 7.84. The summed E-state index contributed by atoms with van der Waals surface area (Å²) in [6, 6.07) is 5.69. The van der Waals surface area contributed by atoms with Crippen molar-refractivity contribution >= 4 is 45.8 Å². The second-order valence-electron chi connectivity index (χ2n) is 4.78. The molecule has 0 spiro atoms. The molecule has 0 saturated carbocycles. The molecule has 0 bridgehead atoms. The van der Waals surface area contributed by atoms with Gasteiger partial charge in [-0.1, -0.05) is 22.0 Å². The number of amides is 2. The Morgan fingerprint density at radius 2 is 1.96 bits per heavy atom. The highest BCUT2D eigenvalue weighted by Gasteiger charge is 2.06. The van der Waals surface area contributed by atoms with Crippen LogP contribution in [0.3, 0.4) is 0 Å². The standard InChI is InChI=1S/C15H22BrN3O3.ClH/c1-11-3-4-12(16)9-13(11)19-14(20)5-6-18-15(21)10-17-7-8-22-2;/h3-4,9,17H,5-8,10H2,1-2H3,(H,18,21)(H,19,20);1H. The average Bonchev–Trinajstić information content (AvgIpc) is 2.47. The van der Waals surface area contributed by atoms with Gasteiger partial charge in [0.15, 0.2) is 0 Å². The highest BCUT2D eigenvalue weighted by Crippen LogP contribution is 2.20. The van der Waals surface area contributed by atoms with Crippen LogP contribution >= 0.6 is 28.3 Å². The minimum Gasteiger partial charge on any atom is -0.383 e. The molecule has 0 atom stereocenters. The minimum absolute atomic E-state index is 0. The van der Waals surface area contributed by atoms with Crippen LogP contribution in [0.15, 0.2) is 22.7 Å². The number of nitrogens with one attached hydrogen (secondary N) is 3. The lowest BCUT2D eigenvalue weighted by atomic mass is 10.2. The maximum absolute atomic E-state index is 11.8. The number of benzene rings is 1. The fourth-order valence-corrected chi connectivity index (χ4v) is 2.06. The van der Waals surface area contributed by atoms with Gasteiger partial charge in [-0.05, 0) is 24.6 Å². The number of halogens is 2. The zero-order valence-corrected chi connectivity index (χ0v) is 15.7. The van der Waals surface area contributed by atoms with Gasteiger partial charge >= 0.3 is 0 Å². The Morgan fingerprint density at radius 1 is 1.22 bits per heavy atom. The fourth-order valence-electron chi connectivity index (χ4n) is 1.70. The molecule has 2 amide bonds. The first-order chi connectivity index (χ1) is 10.5. The molecule has 0 aromatic heterocycles. The van der Waals surface area contributed by atoms with Crippen molar-refractivity contribution in [2.45, 2.75) is 13.3 Å². The third-order valence-electron chi connectivity index (χ3n) is 2.92. The normalized spacial score (nSPS) is 9.87. The Kier molecular flexibility index (Phi) is 11.7. The van der Waals surface area contributed by atoms with Crippen LogP contribution in [-0.2, 0) is 14.3 Å². The number of methoxy groups -OCH3 is 1. The van der Waals surface area contributed by atoms with Crippen LogP contribution in [-0.4, -0.2) is 45.2 Å². The number of carbonyl (C=O) groups excluding carboxylic acids is 2. The van der Waals surface area contributed by atoms with Crippen molar-refractivity contribution in [2.75, 3.05) is 38.7 Å². The Hall–Kier alpha value is -1.15. The zero-order chi connectivity index (χ0) is 16.4. The number of aryl methyl sites for hydroxylation is 1. The Bertz CT molecular complexity index is 515. The van der Waals surface area contributed by atoms with E-state index in [4.69, 9.17) is 4.74 Å². The lowest BCUT2D eigenvalue weighted by molar-refractivity contribution is -0.120. The molecule has 0 aliphatic carbocycles. The number of hydrogen-bond acceptors (Lipinski definition) is 4. The molecule has 0 heterocycles. The van der Waals surface area contributed by atoms with Crippen molar-refractivity contribution in [3.63, 3.8) is 0 Å². The highest BCUT2D eigenvalue weighted by molar-refractivity contribution is 9.10. The molecule has 0 saturated heterocycles. The summed E-state index contributed by atoms with van der Waals surface area (Å²) in [7, 11) is 1.60. The monoisotopic (exact) mass is 407 g/mol.